The van der Waals surface area contributed by atoms with Gasteiger partial charge in [-0.25, -0.2) is 0 Å². The fourth-order valence-corrected chi connectivity index (χ4v) is 7.38. The number of hydrogen-bond acceptors (Lipinski definition) is 5. The van der Waals surface area contributed by atoms with E-state index in [9.17, 15) is 25.2 Å². The predicted octanol–water partition coefficient (Wildman–Crippen LogP) is 1.04. The first kappa shape index (κ1) is 17.7. The SMILES string of the molecule is C=C1C(=O)[C@@]23[C@H](O)C[C@@H]4C(C)(C)CC[C@@H](O)[C@@]4(C)[C@@H]2[C@@H](O)C[C@@H]1[C@H]3O. The first-order chi connectivity index (χ1) is 11.5. The molecular formula is C20H30O5. The molecule has 0 saturated heterocycles. The van der Waals surface area contributed by atoms with Gasteiger partial charge < -0.3 is 20.4 Å². The van der Waals surface area contributed by atoms with E-state index in [2.05, 4.69) is 20.4 Å². The summed E-state index contributed by atoms with van der Waals surface area (Å²) >= 11 is 0. The van der Waals surface area contributed by atoms with Crippen molar-refractivity contribution in [1.29, 1.82) is 0 Å². The number of rotatable bonds is 0. The standard InChI is InChI=1S/C20H30O5/c1-9-10-7-11(21)15-19(4)12(18(2,3)6-5-13(19)22)8-14(23)20(15,16(9)24)17(10)25/h10-15,17,21-23,25H,1,5-8H2,2-4H3/t10-,11-,12+,13+,14+,15-,17+,19-,20+/m0/s1. The van der Waals surface area contributed by atoms with Gasteiger partial charge in [-0.05, 0) is 42.6 Å². The van der Waals surface area contributed by atoms with Crippen molar-refractivity contribution in [3.8, 4) is 0 Å². The van der Waals surface area contributed by atoms with Gasteiger partial charge in [-0.1, -0.05) is 27.4 Å². The summed E-state index contributed by atoms with van der Waals surface area (Å²) < 4.78 is 0. The van der Waals surface area contributed by atoms with Gasteiger partial charge in [0.1, 0.15) is 0 Å². The minimum absolute atomic E-state index is 0.0329. The summed E-state index contributed by atoms with van der Waals surface area (Å²) in [5, 5.41) is 44.1. The van der Waals surface area contributed by atoms with Gasteiger partial charge in [-0.2, -0.15) is 0 Å². The van der Waals surface area contributed by atoms with Crippen molar-refractivity contribution in [2.75, 3.05) is 0 Å². The van der Waals surface area contributed by atoms with Crippen LogP contribution in [0.1, 0.15) is 46.5 Å². The average molecular weight is 350 g/mol. The van der Waals surface area contributed by atoms with Crippen LogP contribution in [0.15, 0.2) is 12.2 Å². The zero-order chi connectivity index (χ0) is 18.5. The van der Waals surface area contributed by atoms with Crippen molar-refractivity contribution in [3.63, 3.8) is 0 Å². The van der Waals surface area contributed by atoms with Crippen LogP contribution in [0, 0.1) is 34.0 Å². The minimum Gasteiger partial charge on any atom is -0.393 e. The van der Waals surface area contributed by atoms with Crippen LogP contribution in [0.3, 0.4) is 0 Å². The molecule has 5 nitrogen and oxygen atoms in total. The normalized spacial score (nSPS) is 57.2. The summed E-state index contributed by atoms with van der Waals surface area (Å²) in [4.78, 5) is 13.2. The number of ketones is 1. The summed E-state index contributed by atoms with van der Waals surface area (Å²) in [5.41, 5.74) is -1.96. The number of aliphatic hydroxyl groups is 4. The molecule has 2 bridgehead atoms. The lowest BCUT2D eigenvalue weighted by atomic mass is 9.38. The third-order valence-corrected chi connectivity index (χ3v) is 8.55. The second-order valence-corrected chi connectivity index (χ2v) is 9.83. The fraction of sp³-hybridized carbons (Fsp3) is 0.850. The molecular weight excluding hydrogens is 320 g/mol. The average Bonchev–Trinajstić information content (AvgIpc) is 2.65. The zero-order valence-corrected chi connectivity index (χ0v) is 15.3. The van der Waals surface area contributed by atoms with E-state index in [1.54, 1.807) is 0 Å². The molecule has 0 aromatic carbocycles. The van der Waals surface area contributed by atoms with Gasteiger partial charge in [0.2, 0.25) is 0 Å². The van der Waals surface area contributed by atoms with Crippen LogP contribution >= 0.6 is 0 Å². The summed E-state index contributed by atoms with van der Waals surface area (Å²) in [7, 11) is 0. The van der Waals surface area contributed by atoms with Crippen LogP contribution in [0.2, 0.25) is 0 Å². The number of carbonyl (C=O) groups excluding carboxylic acids is 1. The minimum atomic E-state index is -1.43. The Morgan fingerprint density at radius 1 is 1.04 bits per heavy atom. The molecule has 4 N–H and O–H groups in total. The lowest BCUT2D eigenvalue weighted by Crippen LogP contribution is -2.72. The number of Topliss-reactive ketones (excluding diaryl/α,β-unsaturated/α-hetero) is 1. The molecule has 4 aliphatic carbocycles. The Bertz CT molecular complexity index is 642. The molecule has 5 heteroatoms. The molecule has 4 saturated carbocycles. The smallest absolute Gasteiger partial charge is 0.170 e. The largest absolute Gasteiger partial charge is 0.393 e. The van der Waals surface area contributed by atoms with Gasteiger partial charge in [0.05, 0.1) is 29.8 Å². The summed E-state index contributed by atoms with van der Waals surface area (Å²) in [5.74, 6) is -1.51. The van der Waals surface area contributed by atoms with Crippen molar-refractivity contribution >= 4 is 5.78 Å². The molecule has 0 unspecified atom stereocenters. The van der Waals surface area contributed by atoms with E-state index in [1.807, 2.05) is 6.92 Å². The van der Waals surface area contributed by atoms with E-state index in [0.29, 0.717) is 18.4 Å². The Morgan fingerprint density at radius 3 is 2.32 bits per heavy atom. The van der Waals surface area contributed by atoms with Crippen LogP contribution in [0.25, 0.3) is 0 Å². The van der Waals surface area contributed by atoms with E-state index in [-0.39, 0.29) is 23.5 Å². The van der Waals surface area contributed by atoms with Gasteiger partial charge in [-0.15, -0.1) is 0 Å². The van der Waals surface area contributed by atoms with Crippen molar-refractivity contribution in [2.45, 2.75) is 70.9 Å². The first-order valence-corrected chi connectivity index (χ1v) is 9.46. The van der Waals surface area contributed by atoms with E-state index in [4.69, 9.17) is 0 Å². The maximum atomic E-state index is 13.2. The second-order valence-electron chi connectivity index (χ2n) is 9.83. The molecule has 4 rings (SSSR count). The highest BCUT2D eigenvalue weighted by atomic mass is 16.3. The van der Waals surface area contributed by atoms with E-state index >= 15 is 0 Å². The van der Waals surface area contributed by atoms with Gasteiger partial charge in [0.25, 0.3) is 0 Å². The highest BCUT2D eigenvalue weighted by Gasteiger charge is 2.77. The molecule has 4 aliphatic rings. The number of fused-ring (bicyclic) bond motifs is 3. The third kappa shape index (κ3) is 1.76. The Hall–Kier alpha value is -0.750. The van der Waals surface area contributed by atoms with Crippen LogP contribution < -0.4 is 0 Å². The summed E-state index contributed by atoms with van der Waals surface area (Å²) in [6.07, 6.45) is -1.52. The quantitative estimate of drug-likeness (QED) is 0.489. The monoisotopic (exact) mass is 350 g/mol. The molecule has 0 aromatic rings. The van der Waals surface area contributed by atoms with Gasteiger partial charge in [0, 0.05) is 17.3 Å². The number of carbonyl (C=O) groups is 1. The maximum absolute atomic E-state index is 13.2. The Labute approximate surface area is 148 Å². The first-order valence-electron chi connectivity index (χ1n) is 9.46. The second kappa shape index (κ2) is 4.94. The van der Waals surface area contributed by atoms with Crippen LogP contribution in [0.5, 0.6) is 0 Å². The zero-order valence-electron chi connectivity index (χ0n) is 15.3. The number of aliphatic hydroxyl groups excluding tert-OH is 4. The molecule has 0 aliphatic heterocycles. The van der Waals surface area contributed by atoms with Crippen molar-refractivity contribution < 1.29 is 25.2 Å². The van der Waals surface area contributed by atoms with Crippen LogP contribution in [-0.4, -0.2) is 50.6 Å². The summed E-state index contributed by atoms with van der Waals surface area (Å²) in [6, 6.07) is 0. The topological polar surface area (TPSA) is 98.0 Å². The molecule has 9 atom stereocenters. The van der Waals surface area contributed by atoms with Gasteiger partial charge in [0.15, 0.2) is 5.78 Å². The van der Waals surface area contributed by atoms with Crippen LogP contribution in [-0.2, 0) is 4.79 Å². The molecule has 4 fully saturated rings. The maximum Gasteiger partial charge on any atom is 0.170 e. The molecule has 0 aromatic heterocycles. The van der Waals surface area contributed by atoms with Gasteiger partial charge in [-0.3, -0.25) is 4.79 Å². The van der Waals surface area contributed by atoms with E-state index in [1.165, 1.54) is 0 Å². The molecule has 0 amide bonds. The third-order valence-electron chi connectivity index (χ3n) is 8.55. The lowest BCUT2D eigenvalue weighted by Gasteiger charge is -2.67. The lowest BCUT2D eigenvalue weighted by molar-refractivity contribution is -0.274. The molecule has 0 heterocycles. The molecule has 0 radical (unpaired) electrons. The summed E-state index contributed by atoms with van der Waals surface area (Å²) in [6.45, 7) is 10.1. The highest BCUT2D eigenvalue weighted by Crippen LogP contribution is 2.70. The Balaban J connectivity index is 1.95. The predicted molar refractivity (Wildman–Crippen MR) is 91.4 cm³/mol. The van der Waals surface area contributed by atoms with E-state index < -0.39 is 47.1 Å². The molecule has 140 valence electrons. The van der Waals surface area contributed by atoms with E-state index in [0.717, 1.165) is 6.42 Å². The fourth-order valence-electron chi connectivity index (χ4n) is 7.38. The van der Waals surface area contributed by atoms with Gasteiger partial charge >= 0.3 is 0 Å². The van der Waals surface area contributed by atoms with Crippen molar-refractivity contribution in [2.24, 2.45) is 34.0 Å². The molecule has 1 spiro atoms. The van der Waals surface area contributed by atoms with Crippen molar-refractivity contribution in [3.05, 3.63) is 12.2 Å². The Morgan fingerprint density at radius 2 is 1.68 bits per heavy atom. The van der Waals surface area contributed by atoms with Crippen molar-refractivity contribution in [1.82, 2.24) is 0 Å². The number of hydrogen-bond donors (Lipinski definition) is 4. The molecule has 25 heavy (non-hydrogen) atoms. The van der Waals surface area contributed by atoms with Crippen LogP contribution in [0.4, 0.5) is 0 Å². The Kier molecular flexibility index (Phi) is 3.49. The highest BCUT2D eigenvalue weighted by molar-refractivity contribution is 6.04.